The van der Waals surface area contributed by atoms with Gasteiger partial charge >= 0.3 is 0 Å². The summed E-state index contributed by atoms with van der Waals surface area (Å²) < 4.78 is 5.49. The molecule has 0 aromatic carbocycles. The Morgan fingerprint density at radius 1 is 1.24 bits per heavy atom. The van der Waals surface area contributed by atoms with Gasteiger partial charge in [0.15, 0.2) is 0 Å². The molecule has 5 heteroatoms. The fourth-order valence-corrected chi connectivity index (χ4v) is 4.06. The third-order valence-electron chi connectivity index (χ3n) is 5.21. The van der Waals surface area contributed by atoms with Crippen molar-refractivity contribution in [2.24, 2.45) is 5.41 Å². The zero-order chi connectivity index (χ0) is 15.3. The van der Waals surface area contributed by atoms with Crippen LogP contribution in [0.15, 0.2) is 0 Å². The predicted octanol–water partition coefficient (Wildman–Crippen LogP) is 1.46. The van der Waals surface area contributed by atoms with Gasteiger partial charge in [-0.15, -0.1) is 0 Å². The number of carbonyl (C=O) groups excluding carboxylic acids is 2. The van der Waals surface area contributed by atoms with Gasteiger partial charge in [-0.25, -0.2) is 0 Å². The zero-order valence-corrected chi connectivity index (χ0v) is 13.3. The number of nitrogens with zero attached hydrogens (tertiary/aromatic N) is 1. The monoisotopic (exact) mass is 294 g/mol. The Bertz CT molecular complexity index is 443. The highest BCUT2D eigenvalue weighted by Gasteiger charge is 2.57. The van der Waals surface area contributed by atoms with Crippen molar-refractivity contribution in [1.29, 1.82) is 0 Å². The molecule has 2 heterocycles. The molecule has 21 heavy (non-hydrogen) atoms. The van der Waals surface area contributed by atoms with Crippen molar-refractivity contribution in [3.05, 3.63) is 0 Å². The smallest absolute Gasteiger partial charge is 0.246 e. The largest absolute Gasteiger partial charge is 0.379 e. The number of ether oxygens (including phenoxy) is 1. The van der Waals surface area contributed by atoms with Crippen LogP contribution in [0.5, 0.6) is 0 Å². The number of amides is 2. The average molecular weight is 294 g/mol. The molecule has 1 spiro atoms. The molecular formula is C16H26N2O3. The van der Waals surface area contributed by atoms with Gasteiger partial charge < -0.3 is 15.0 Å². The Kier molecular flexibility index (Phi) is 3.51. The number of rotatable bonds is 1. The van der Waals surface area contributed by atoms with Crippen LogP contribution in [0.2, 0.25) is 0 Å². The van der Waals surface area contributed by atoms with Gasteiger partial charge in [0.1, 0.15) is 11.6 Å². The van der Waals surface area contributed by atoms with Crippen molar-refractivity contribution in [1.82, 2.24) is 10.2 Å². The lowest BCUT2D eigenvalue weighted by atomic mass is 9.79. The standard InChI is InChI=1S/C16H26N2O3/c1-15(2,3)12-13(19)18(11-6-9-21-10-11)16(14(20)17-12)7-4-5-8-16/h11-12H,4-10H2,1-3H3,(H,17,20). The fraction of sp³-hybridized carbons (Fsp3) is 0.875. The van der Waals surface area contributed by atoms with Crippen LogP contribution in [0.4, 0.5) is 0 Å². The molecule has 0 aromatic heterocycles. The van der Waals surface area contributed by atoms with E-state index in [0.717, 1.165) is 32.1 Å². The van der Waals surface area contributed by atoms with E-state index in [9.17, 15) is 9.59 Å². The third kappa shape index (κ3) is 2.26. The second kappa shape index (κ2) is 4.97. The molecule has 2 aliphatic heterocycles. The highest BCUT2D eigenvalue weighted by molar-refractivity contribution is 6.00. The molecule has 1 N–H and O–H groups in total. The molecule has 118 valence electrons. The number of piperazine rings is 1. The normalized spacial score (nSPS) is 32.8. The lowest BCUT2D eigenvalue weighted by Crippen LogP contribution is -2.74. The maximum Gasteiger partial charge on any atom is 0.246 e. The van der Waals surface area contributed by atoms with E-state index in [1.807, 2.05) is 25.7 Å². The van der Waals surface area contributed by atoms with Crippen molar-refractivity contribution in [3.8, 4) is 0 Å². The summed E-state index contributed by atoms with van der Waals surface area (Å²) in [7, 11) is 0. The Morgan fingerprint density at radius 2 is 1.90 bits per heavy atom. The summed E-state index contributed by atoms with van der Waals surface area (Å²) in [6.07, 6.45) is 4.46. The molecule has 3 rings (SSSR count). The summed E-state index contributed by atoms with van der Waals surface area (Å²) in [6, 6.07) is -0.372. The summed E-state index contributed by atoms with van der Waals surface area (Å²) in [6.45, 7) is 7.27. The first-order valence-electron chi connectivity index (χ1n) is 8.08. The van der Waals surface area contributed by atoms with Crippen LogP contribution in [0.1, 0.15) is 52.9 Å². The molecule has 2 atom stereocenters. The first-order chi connectivity index (χ1) is 9.86. The Morgan fingerprint density at radius 3 is 2.43 bits per heavy atom. The van der Waals surface area contributed by atoms with E-state index in [1.165, 1.54) is 0 Å². The van der Waals surface area contributed by atoms with Crippen molar-refractivity contribution in [2.75, 3.05) is 13.2 Å². The number of hydrogen-bond acceptors (Lipinski definition) is 3. The predicted molar refractivity (Wildman–Crippen MR) is 78.7 cm³/mol. The SMILES string of the molecule is CC(C)(C)C1NC(=O)C2(CCCC2)N(C2CCOC2)C1=O. The van der Waals surface area contributed by atoms with Gasteiger partial charge in [-0.2, -0.15) is 0 Å². The minimum atomic E-state index is -0.614. The maximum absolute atomic E-state index is 13.1. The molecular weight excluding hydrogens is 268 g/mol. The van der Waals surface area contributed by atoms with Crippen LogP contribution < -0.4 is 5.32 Å². The average Bonchev–Trinajstić information content (AvgIpc) is 3.05. The van der Waals surface area contributed by atoms with E-state index >= 15 is 0 Å². The molecule has 3 aliphatic rings. The van der Waals surface area contributed by atoms with Crippen LogP contribution in [-0.2, 0) is 14.3 Å². The zero-order valence-electron chi connectivity index (χ0n) is 13.3. The molecule has 3 fully saturated rings. The van der Waals surface area contributed by atoms with Crippen molar-refractivity contribution in [2.45, 2.75) is 70.5 Å². The van der Waals surface area contributed by atoms with E-state index in [0.29, 0.717) is 13.2 Å². The molecule has 2 unspecified atom stereocenters. The van der Waals surface area contributed by atoms with Gasteiger partial charge in [0.25, 0.3) is 0 Å². The first kappa shape index (κ1) is 14.8. The minimum Gasteiger partial charge on any atom is -0.379 e. The molecule has 1 saturated carbocycles. The van der Waals surface area contributed by atoms with E-state index < -0.39 is 11.6 Å². The summed E-state index contributed by atoms with van der Waals surface area (Å²) in [4.78, 5) is 27.9. The maximum atomic E-state index is 13.1. The van der Waals surface area contributed by atoms with E-state index in [2.05, 4.69) is 5.32 Å². The molecule has 0 radical (unpaired) electrons. The Balaban J connectivity index is 1.98. The summed E-state index contributed by atoms with van der Waals surface area (Å²) in [5.74, 6) is 0.130. The highest BCUT2D eigenvalue weighted by Crippen LogP contribution is 2.42. The highest BCUT2D eigenvalue weighted by atomic mass is 16.5. The van der Waals surface area contributed by atoms with Crippen LogP contribution in [0.25, 0.3) is 0 Å². The van der Waals surface area contributed by atoms with Crippen molar-refractivity contribution >= 4 is 11.8 Å². The number of hydrogen-bond donors (Lipinski definition) is 1. The summed E-state index contributed by atoms with van der Waals surface area (Å²) >= 11 is 0. The van der Waals surface area contributed by atoms with Crippen LogP contribution in [0, 0.1) is 5.41 Å². The molecule has 0 bridgehead atoms. The molecule has 1 aliphatic carbocycles. The third-order valence-corrected chi connectivity index (χ3v) is 5.21. The van der Waals surface area contributed by atoms with Gasteiger partial charge in [0.2, 0.25) is 11.8 Å². The van der Waals surface area contributed by atoms with Crippen LogP contribution >= 0.6 is 0 Å². The Hall–Kier alpha value is -1.10. The molecule has 0 aromatic rings. The van der Waals surface area contributed by atoms with Gasteiger partial charge in [0, 0.05) is 6.61 Å². The number of carbonyl (C=O) groups is 2. The quantitative estimate of drug-likeness (QED) is 0.796. The Labute approximate surface area is 126 Å². The van der Waals surface area contributed by atoms with Crippen molar-refractivity contribution < 1.29 is 14.3 Å². The molecule has 2 amide bonds. The fourth-order valence-electron chi connectivity index (χ4n) is 4.06. The first-order valence-corrected chi connectivity index (χ1v) is 8.08. The lowest BCUT2D eigenvalue weighted by Gasteiger charge is -2.51. The number of nitrogens with one attached hydrogen (secondary N) is 1. The lowest BCUT2D eigenvalue weighted by molar-refractivity contribution is -0.164. The van der Waals surface area contributed by atoms with E-state index in [-0.39, 0.29) is 23.3 Å². The van der Waals surface area contributed by atoms with Gasteiger partial charge in [0.05, 0.1) is 12.6 Å². The van der Waals surface area contributed by atoms with E-state index in [4.69, 9.17) is 4.74 Å². The van der Waals surface area contributed by atoms with Gasteiger partial charge in [-0.3, -0.25) is 9.59 Å². The van der Waals surface area contributed by atoms with Crippen LogP contribution in [-0.4, -0.2) is 47.6 Å². The minimum absolute atomic E-state index is 0.0476. The second-order valence-electron chi connectivity index (χ2n) is 7.74. The summed E-state index contributed by atoms with van der Waals surface area (Å²) in [5, 5.41) is 3.02. The molecule has 5 nitrogen and oxygen atoms in total. The van der Waals surface area contributed by atoms with E-state index in [1.54, 1.807) is 0 Å². The molecule has 2 saturated heterocycles. The topological polar surface area (TPSA) is 58.6 Å². The van der Waals surface area contributed by atoms with Gasteiger partial charge in [-0.05, 0) is 24.7 Å². The summed E-state index contributed by atoms with van der Waals surface area (Å²) in [5.41, 5.74) is -0.887. The second-order valence-corrected chi connectivity index (χ2v) is 7.74. The van der Waals surface area contributed by atoms with Crippen molar-refractivity contribution in [3.63, 3.8) is 0 Å². The van der Waals surface area contributed by atoms with Crippen LogP contribution in [0.3, 0.4) is 0 Å². The van der Waals surface area contributed by atoms with Gasteiger partial charge in [-0.1, -0.05) is 33.6 Å².